The van der Waals surface area contributed by atoms with Gasteiger partial charge in [0.05, 0.1) is 11.6 Å². The average Bonchev–Trinajstić information content (AvgIpc) is 3.02. The first kappa shape index (κ1) is 19.2. The molecule has 3 rings (SSSR count). The van der Waals surface area contributed by atoms with Gasteiger partial charge in [-0.05, 0) is 49.3 Å². The Kier molecular flexibility index (Phi) is 6.23. The van der Waals surface area contributed by atoms with E-state index in [-0.39, 0.29) is 30.0 Å². The lowest BCUT2D eigenvalue weighted by molar-refractivity contribution is -0.138. The van der Waals surface area contributed by atoms with Crippen LogP contribution in [-0.2, 0) is 4.79 Å². The Labute approximate surface area is 148 Å². The molecule has 134 valence electrons. The molecule has 4 nitrogen and oxygen atoms in total. The number of hydrogen-bond donors (Lipinski definition) is 2. The molecule has 1 heterocycles. The van der Waals surface area contributed by atoms with E-state index >= 15 is 0 Å². The maximum Gasteiger partial charge on any atom is 0.242 e. The van der Waals surface area contributed by atoms with Crippen LogP contribution in [0.1, 0.15) is 50.2 Å². The number of nitrogens with zero attached hydrogens (tertiary/aromatic N) is 1. The standard InChI is InChI=1S/C18H25FN2O2.ClH/c19-15-5-3-13(4-6-15)16(22)14-7-11-21(12-8-14)17(23)18(20)9-1-2-10-18;/h3-6,14,16,22H,1-2,7-12,20H2;1H. The first-order chi connectivity index (χ1) is 11.0. The molecule has 1 saturated carbocycles. The zero-order valence-corrected chi connectivity index (χ0v) is 14.6. The summed E-state index contributed by atoms with van der Waals surface area (Å²) in [7, 11) is 0. The van der Waals surface area contributed by atoms with Gasteiger partial charge in [0.2, 0.25) is 5.91 Å². The molecular weight excluding hydrogens is 331 g/mol. The number of amides is 1. The highest BCUT2D eigenvalue weighted by atomic mass is 35.5. The molecule has 1 saturated heterocycles. The summed E-state index contributed by atoms with van der Waals surface area (Å²) in [4.78, 5) is 14.5. The van der Waals surface area contributed by atoms with Crippen LogP contribution in [0.25, 0.3) is 0 Å². The number of carbonyl (C=O) groups excluding carboxylic acids is 1. The molecule has 24 heavy (non-hydrogen) atoms. The van der Waals surface area contributed by atoms with Crippen molar-refractivity contribution in [2.75, 3.05) is 13.1 Å². The van der Waals surface area contributed by atoms with Gasteiger partial charge in [0.15, 0.2) is 0 Å². The van der Waals surface area contributed by atoms with E-state index in [9.17, 15) is 14.3 Å². The van der Waals surface area contributed by atoms with Crippen molar-refractivity contribution >= 4 is 18.3 Å². The van der Waals surface area contributed by atoms with Gasteiger partial charge in [0.1, 0.15) is 5.82 Å². The van der Waals surface area contributed by atoms with Crippen LogP contribution in [0.3, 0.4) is 0 Å². The zero-order chi connectivity index (χ0) is 16.4. The quantitative estimate of drug-likeness (QED) is 0.875. The molecule has 1 atom stereocenters. The van der Waals surface area contributed by atoms with E-state index < -0.39 is 11.6 Å². The minimum absolute atomic E-state index is 0. The van der Waals surface area contributed by atoms with Crippen molar-refractivity contribution in [1.29, 1.82) is 0 Å². The Balaban J connectivity index is 0.00000208. The Morgan fingerprint density at radius 3 is 2.29 bits per heavy atom. The zero-order valence-electron chi connectivity index (χ0n) is 13.8. The highest BCUT2D eigenvalue weighted by molar-refractivity contribution is 5.86. The van der Waals surface area contributed by atoms with E-state index in [2.05, 4.69) is 0 Å². The van der Waals surface area contributed by atoms with Crippen molar-refractivity contribution in [3.05, 3.63) is 35.6 Å². The normalized spacial score (nSPS) is 22.0. The second-order valence-corrected chi connectivity index (χ2v) is 6.99. The largest absolute Gasteiger partial charge is 0.388 e. The maximum atomic E-state index is 13.0. The summed E-state index contributed by atoms with van der Waals surface area (Å²) < 4.78 is 13.0. The van der Waals surface area contributed by atoms with Crippen LogP contribution in [0.2, 0.25) is 0 Å². The van der Waals surface area contributed by atoms with Crippen molar-refractivity contribution in [2.45, 2.75) is 50.2 Å². The number of piperidine rings is 1. The van der Waals surface area contributed by atoms with Crippen LogP contribution in [0, 0.1) is 11.7 Å². The van der Waals surface area contributed by atoms with E-state index in [0.29, 0.717) is 13.1 Å². The lowest BCUT2D eigenvalue weighted by atomic mass is 9.86. The maximum absolute atomic E-state index is 13.0. The molecule has 1 aliphatic heterocycles. The van der Waals surface area contributed by atoms with Gasteiger partial charge in [0, 0.05) is 13.1 Å². The molecule has 2 aliphatic rings. The molecule has 0 aromatic heterocycles. The molecule has 0 spiro atoms. The SMILES string of the molecule is Cl.NC1(C(=O)N2CCC(C(O)c3ccc(F)cc3)CC2)CCCC1. The predicted octanol–water partition coefficient (Wildman–Crippen LogP) is 2.79. The second-order valence-electron chi connectivity index (χ2n) is 6.99. The summed E-state index contributed by atoms with van der Waals surface area (Å²) >= 11 is 0. The van der Waals surface area contributed by atoms with E-state index in [0.717, 1.165) is 44.1 Å². The van der Waals surface area contributed by atoms with E-state index in [1.807, 2.05) is 4.90 Å². The van der Waals surface area contributed by atoms with Crippen LogP contribution < -0.4 is 5.73 Å². The molecule has 6 heteroatoms. The Morgan fingerprint density at radius 2 is 1.75 bits per heavy atom. The van der Waals surface area contributed by atoms with Crippen LogP contribution in [0.4, 0.5) is 4.39 Å². The van der Waals surface area contributed by atoms with Crippen LogP contribution in [-0.4, -0.2) is 34.5 Å². The van der Waals surface area contributed by atoms with Crippen molar-refractivity contribution in [3.8, 4) is 0 Å². The number of halogens is 2. The Hall–Kier alpha value is -1.17. The second kappa shape index (κ2) is 7.81. The van der Waals surface area contributed by atoms with Crippen molar-refractivity contribution in [3.63, 3.8) is 0 Å². The van der Waals surface area contributed by atoms with E-state index in [1.54, 1.807) is 12.1 Å². The van der Waals surface area contributed by atoms with Crippen LogP contribution in [0.5, 0.6) is 0 Å². The summed E-state index contributed by atoms with van der Waals surface area (Å²) in [5.41, 5.74) is 6.33. The fourth-order valence-corrected chi connectivity index (χ4v) is 3.89. The van der Waals surface area contributed by atoms with E-state index in [1.165, 1.54) is 12.1 Å². The molecule has 3 N–H and O–H groups in total. The van der Waals surface area contributed by atoms with Crippen LogP contribution in [0.15, 0.2) is 24.3 Å². The average molecular weight is 357 g/mol. The third kappa shape index (κ3) is 3.90. The molecular formula is C18H26ClFN2O2. The Morgan fingerprint density at radius 1 is 1.21 bits per heavy atom. The van der Waals surface area contributed by atoms with Gasteiger partial charge in [-0.3, -0.25) is 4.79 Å². The topological polar surface area (TPSA) is 66.6 Å². The summed E-state index contributed by atoms with van der Waals surface area (Å²) in [5.74, 6) is -0.127. The van der Waals surface area contributed by atoms with Gasteiger partial charge < -0.3 is 15.7 Å². The third-order valence-corrected chi connectivity index (χ3v) is 5.41. The van der Waals surface area contributed by atoms with Crippen molar-refractivity contribution < 1.29 is 14.3 Å². The fraction of sp³-hybridized carbons (Fsp3) is 0.611. The lowest BCUT2D eigenvalue weighted by Gasteiger charge is -2.38. The van der Waals surface area contributed by atoms with Crippen molar-refractivity contribution in [1.82, 2.24) is 4.90 Å². The summed E-state index contributed by atoms with van der Waals surface area (Å²) in [5, 5.41) is 10.5. The fourth-order valence-electron chi connectivity index (χ4n) is 3.89. The molecule has 0 radical (unpaired) electrons. The monoisotopic (exact) mass is 356 g/mol. The van der Waals surface area contributed by atoms with Gasteiger partial charge in [-0.15, -0.1) is 12.4 Å². The molecule has 1 aromatic carbocycles. The first-order valence-electron chi connectivity index (χ1n) is 8.51. The Bertz CT molecular complexity index is 553. The summed E-state index contributed by atoms with van der Waals surface area (Å²) in [6.07, 6.45) is 4.52. The highest BCUT2D eigenvalue weighted by Crippen LogP contribution is 2.34. The number of hydrogen-bond acceptors (Lipinski definition) is 3. The van der Waals surface area contributed by atoms with E-state index in [4.69, 9.17) is 5.73 Å². The number of aliphatic hydroxyl groups is 1. The smallest absolute Gasteiger partial charge is 0.242 e. The van der Waals surface area contributed by atoms with Gasteiger partial charge in [0.25, 0.3) is 0 Å². The van der Waals surface area contributed by atoms with Crippen molar-refractivity contribution in [2.24, 2.45) is 11.7 Å². The van der Waals surface area contributed by atoms with Crippen LogP contribution >= 0.6 is 12.4 Å². The lowest BCUT2D eigenvalue weighted by Crippen LogP contribution is -2.55. The molecule has 1 unspecified atom stereocenters. The predicted molar refractivity (Wildman–Crippen MR) is 93.3 cm³/mol. The highest BCUT2D eigenvalue weighted by Gasteiger charge is 2.41. The number of carbonyl (C=O) groups is 1. The first-order valence-corrected chi connectivity index (χ1v) is 8.51. The molecule has 0 bridgehead atoms. The summed E-state index contributed by atoms with van der Waals surface area (Å²) in [6, 6.07) is 6.00. The minimum atomic E-state index is -0.664. The summed E-state index contributed by atoms with van der Waals surface area (Å²) in [6.45, 7) is 1.28. The van der Waals surface area contributed by atoms with Gasteiger partial charge >= 0.3 is 0 Å². The van der Waals surface area contributed by atoms with Gasteiger partial charge in [-0.1, -0.05) is 25.0 Å². The minimum Gasteiger partial charge on any atom is -0.388 e. The molecule has 2 fully saturated rings. The molecule has 1 amide bonds. The molecule has 1 aromatic rings. The third-order valence-electron chi connectivity index (χ3n) is 5.41. The van der Waals surface area contributed by atoms with Gasteiger partial charge in [-0.25, -0.2) is 4.39 Å². The molecule has 1 aliphatic carbocycles. The number of likely N-dealkylation sites (tertiary alicyclic amines) is 1. The van der Waals surface area contributed by atoms with Gasteiger partial charge in [-0.2, -0.15) is 0 Å². The number of nitrogens with two attached hydrogens (primary N) is 1. The number of aliphatic hydroxyl groups excluding tert-OH is 1. The number of rotatable bonds is 3. The number of benzene rings is 1.